The van der Waals surface area contributed by atoms with E-state index in [1.807, 2.05) is 13.8 Å². The highest BCUT2D eigenvalue weighted by atomic mass is 32.2. The Labute approximate surface area is 136 Å². The highest BCUT2D eigenvalue weighted by molar-refractivity contribution is 7.89. The lowest BCUT2D eigenvalue weighted by atomic mass is 9.74. The summed E-state index contributed by atoms with van der Waals surface area (Å²) in [6, 6.07) is 6.47. The Morgan fingerprint density at radius 3 is 2.48 bits per heavy atom. The SMILES string of the molecule is CCC[C@]1(C(=O)O)CN(S(=O)(=O)c2ccc(C)cc2)CC[C@H]1O. The summed E-state index contributed by atoms with van der Waals surface area (Å²) in [5.41, 5.74) is -0.492. The van der Waals surface area contributed by atoms with Crippen molar-refractivity contribution >= 4 is 16.0 Å². The number of rotatable bonds is 5. The van der Waals surface area contributed by atoms with E-state index in [-0.39, 0.29) is 30.8 Å². The van der Waals surface area contributed by atoms with Crippen molar-refractivity contribution in [3.05, 3.63) is 29.8 Å². The van der Waals surface area contributed by atoms with Gasteiger partial charge in [-0.3, -0.25) is 4.79 Å². The molecule has 0 amide bonds. The average Bonchev–Trinajstić information content (AvgIpc) is 2.49. The summed E-state index contributed by atoms with van der Waals surface area (Å²) in [6.45, 7) is 3.61. The Bertz CT molecular complexity index is 670. The smallest absolute Gasteiger partial charge is 0.313 e. The van der Waals surface area contributed by atoms with E-state index in [9.17, 15) is 23.4 Å². The molecule has 0 aromatic heterocycles. The zero-order valence-electron chi connectivity index (χ0n) is 13.4. The lowest BCUT2D eigenvalue weighted by Crippen LogP contribution is -2.57. The molecule has 0 aliphatic carbocycles. The van der Waals surface area contributed by atoms with Gasteiger partial charge in [0.2, 0.25) is 10.0 Å². The molecule has 2 N–H and O–H groups in total. The molecular formula is C16H23NO5S. The van der Waals surface area contributed by atoms with Crippen LogP contribution < -0.4 is 0 Å². The molecule has 1 aliphatic rings. The Morgan fingerprint density at radius 2 is 1.96 bits per heavy atom. The number of carbonyl (C=O) groups is 1. The number of carboxylic acid groups (broad SMARTS) is 1. The van der Waals surface area contributed by atoms with Gasteiger partial charge in [-0.2, -0.15) is 4.31 Å². The van der Waals surface area contributed by atoms with Crippen LogP contribution in [0.2, 0.25) is 0 Å². The van der Waals surface area contributed by atoms with Crippen LogP contribution in [-0.2, 0) is 14.8 Å². The van der Waals surface area contributed by atoms with Crippen molar-refractivity contribution in [1.29, 1.82) is 0 Å². The van der Waals surface area contributed by atoms with Gasteiger partial charge in [-0.15, -0.1) is 0 Å². The van der Waals surface area contributed by atoms with Crippen molar-refractivity contribution < 1.29 is 23.4 Å². The van der Waals surface area contributed by atoms with Gasteiger partial charge in [0, 0.05) is 13.1 Å². The first-order valence-electron chi connectivity index (χ1n) is 7.72. The van der Waals surface area contributed by atoms with Crippen LogP contribution in [0.1, 0.15) is 31.7 Å². The number of aryl methyl sites for hydroxylation is 1. The van der Waals surface area contributed by atoms with Crippen molar-refractivity contribution in [2.24, 2.45) is 5.41 Å². The van der Waals surface area contributed by atoms with Gasteiger partial charge in [0.25, 0.3) is 0 Å². The summed E-state index contributed by atoms with van der Waals surface area (Å²) in [5.74, 6) is -1.14. The monoisotopic (exact) mass is 341 g/mol. The molecule has 128 valence electrons. The molecule has 1 saturated heterocycles. The first-order chi connectivity index (χ1) is 10.7. The number of aliphatic hydroxyl groups is 1. The lowest BCUT2D eigenvalue weighted by molar-refractivity contribution is -0.161. The minimum atomic E-state index is -3.77. The van der Waals surface area contributed by atoms with Crippen LogP contribution in [0.5, 0.6) is 0 Å². The topological polar surface area (TPSA) is 94.9 Å². The summed E-state index contributed by atoms with van der Waals surface area (Å²) in [4.78, 5) is 11.9. The minimum absolute atomic E-state index is 0.121. The maximum atomic E-state index is 12.8. The van der Waals surface area contributed by atoms with Crippen molar-refractivity contribution in [2.75, 3.05) is 13.1 Å². The first kappa shape index (κ1) is 17.9. The Kier molecular flexibility index (Phi) is 5.13. The molecule has 0 saturated carbocycles. The molecule has 1 aliphatic heterocycles. The molecule has 0 unspecified atom stereocenters. The number of nitrogens with zero attached hydrogens (tertiary/aromatic N) is 1. The maximum absolute atomic E-state index is 12.8. The van der Waals surface area contributed by atoms with Gasteiger partial charge in [0.05, 0.1) is 11.0 Å². The van der Waals surface area contributed by atoms with Crippen LogP contribution in [-0.4, -0.2) is 48.1 Å². The Morgan fingerprint density at radius 1 is 1.35 bits per heavy atom. The number of sulfonamides is 1. The molecule has 6 nitrogen and oxygen atoms in total. The van der Waals surface area contributed by atoms with Crippen LogP contribution in [0, 0.1) is 12.3 Å². The van der Waals surface area contributed by atoms with E-state index in [4.69, 9.17) is 0 Å². The molecule has 0 spiro atoms. The van der Waals surface area contributed by atoms with E-state index in [0.717, 1.165) is 5.56 Å². The van der Waals surface area contributed by atoms with E-state index in [0.29, 0.717) is 6.42 Å². The second-order valence-corrected chi connectivity index (χ2v) is 8.11. The number of benzene rings is 1. The standard InChI is InChI=1S/C16H23NO5S/c1-3-9-16(15(19)20)11-17(10-8-14(16)18)23(21,22)13-6-4-12(2)5-7-13/h4-7,14,18H,3,8-11H2,1-2H3,(H,19,20)/t14-,16+/m1/s1. The Hall–Kier alpha value is -1.44. The second-order valence-electron chi connectivity index (χ2n) is 6.17. The number of hydrogen-bond acceptors (Lipinski definition) is 4. The number of aliphatic hydroxyl groups excluding tert-OH is 1. The second kappa shape index (κ2) is 6.59. The maximum Gasteiger partial charge on any atom is 0.313 e. The molecule has 23 heavy (non-hydrogen) atoms. The molecule has 2 atom stereocenters. The van der Waals surface area contributed by atoms with Crippen molar-refractivity contribution in [3.8, 4) is 0 Å². The molecule has 1 aromatic rings. The van der Waals surface area contributed by atoms with Gasteiger partial charge >= 0.3 is 5.97 Å². The predicted octanol–water partition coefficient (Wildman–Crippen LogP) is 1.62. The van der Waals surface area contributed by atoms with Crippen molar-refractivity contribution in [2.45, 2.75) is 44.1 Å². The van der Waals surface area contributed by atoms with Gasteiger partial charge in [-0.25, -0.2) is 8.42 Å². The Balaban J connectivity index is 2.36. The predicted molar refractivity (Wildman–Crippen MR) is 85.5 cm³/mol. The third-order valence-corrected chi connectivity index (χ3v) is 6.39. The zero-order valence-corrected chi connectivity index (χ0v) is 14.2. The number of piperidine rings is 1. The normalized spacial score (nSPS) is 26.1. The van der Waals surface area contributed by atoms with E-state index in [1.165, 1.54) is 16.4 Å². The summed E-state index contributed by atoms with van der Waals surface area (Å²) in [5, 5.41) is 19.8. The molecule has 1 aromatic carbocycles. The molecule has 1 fully saturated rings. The van der Waals surface area contributed by atoms with Crippen LogP contribution in [0.25, 0.3) is 0 Å². The summed E-state index contributed by atoms with van der Waals surface area (Å²) in [7, 11) is -3.77. The molecule has 0 bridgehead atoms. The van der Waals surface area contributed by atoms with Crippen LogP contribution >= 0.6 is 0 Å². The first-order valence-corrected chi connectivity index (χ1v) is 9.16. The zero-order chi connectivity index (χ0) is 17.3. The van der Waals surface area contributed by atoms with Crippen LogP contribution in [0.15, 0.2) is 29.2 Å². The van der Waals surface area contributed by atoms with E-state index < -0.39 is 27.5 Å². The van der Waals surface area contributed by atoms with Crippen LogP contribution in [0.4, 0.5) is 0 Å². The van der Waals surface area contributed by atoms with Crippen molar-refractivity contribution in [3.63, 3.8) is 0 Å². The molecule has 0 radical (unpaired) electrons. The van der Waals surface area contributed by atoms with Gasteiger partial charge in [0.15, 0.2) is 0 Å². The third kappa shape index (κ3) is 3.27. The van der Waals surface area contributed by atoms with E-state index in [2.05, 4.69) is 0 Å². The number of aliphatic carboxylic acids is 1. The number of carboxylic acids is 1. The fourth-order valence-corrected chi connectivity index (χ4v) is 4.64. The third-order valence-electron chi connectivity index (χ3n) is 4.53. The van der Waals surface area contributed by atoms with Gasteiger partial charge in [0.1, 0.15) is 5.41 Å². The lowest BCUT2D eigenvalue weighted by Gasteiger charge is -2.42. The molecular weight excluding hydrogens is 318 g/mol. The summed E-state index contributed by atoms with van der Waals surface area (Å²) in [6.07, 6.45) is -0.118. The van der Waals surface area contributed by atoms with E-state index >= 15 is 0 Å². The minimum Gasteiger partial charge on any atom is -0.481 e. The summed E-state index contributed by atoms with van der Waals surface area (Å²) >= 11 is 0. The van der Waals surface area contributed by atoms with E-state index in [1.54, 1.807) is 12.1 Å². The van der Waals surface area contributed by atoms with Gasteiger partial charge in [-0.1, -0.05) is 31.0 Å². The highest BCUT2D eigenvalue weighted by Crippen LogP contribution is 2.37. The van der Waals surface area contributed by atoms with Crippen molar-refractivity contribution in [1.82, 2.24) is 4.31 Å². The average molecular weight is 341 g/mol. The molecule has 2 rings (SSSR count). The number of hydrogen-bond donors (Lipinski definition) is 2. The quantitative estimate of drug-likeness (QED) is 0.848. The molecule has 1 heterocycles. The summed E-state index contributed by atoms with van der Waals surface area (Å²) < 4.78 is 26.7. The van der Waals surface area contributed by atoms with Crippen LogP contribution in [0.3, 0.4) is 0 Å². The fourth-order valence-electron chi connectivity index (χ4n) is 3.12. The highest BCUT2D eigenvalue weighted by Gasteiger charge is 2.50. The van der Waals surface area contributed by atoms with Gasteiger partial charge < -0.3 is 10.2 Å². The van der Waals surface area contributed by atoms with Gasteiger partial charge in [-0.05, 0) is 31.9 Å². The molecule has 7 heteroatoms. The largest absolute Gasteiger partial charge is 0.481 e. The fraction of sp³-hybridized carbons (Fsp3) is 0.562.